The summed E-state index contributed by atoms with van der Waals surface area (Å²) in [4.78, 5) is 0. The molecule has 15 heavy (non-hydrogen) atoms. The van der Waals surface area contributed by atoms with E-state index in [9.17, 15) is 0 Å². The number of hydrogen-bond acceptors (Lipinski definition) is 3. The van der Waals surface area contributed by atoms with Crippen LogP contribution in [0.4, 0.5) is 0 Å². The third-order valence-corrected chi connectivity index (χ3v) is 2.88. The number of nitrogens with zero attached hydrogens (tertiary/aromatic N) is 2. The van der Waals surface area contributed by atoms with Crippen LogP contribution in [0, 0.1) is 6.92 Å². The maximum absolute atomic E-state index is 6.09. The zero-order chi connectivity index (χ0) is 11.4. The van der Waals surface area contributed by atoms with Crippen LogP contribution in [0.3, 0.4) is 0 Å². The Morgan fingerprint density at radius 3 is 2.73 bits per heavy atom. The van der Waals surface area contributed by atoms with E-state index in [-0.39, 0.29) is 6.10 Å². The third kappa shape index (κ3) is 3.19. The Kier molecular flexibility index (Phi) is 4.57. The fourth-order valence-electron chi connectivity index (χ4n) is 1.36. The highest BCUT2D eigenvalue weighted by Gasteiger charge is 2.10. The first-order chi connectivity index (χ1) is 7.06. The molecule has 0 spiro atoms. The molecule has 0 amide bonds. The molecule has 0 aliphatic carbocycles. The summed E-state index contributed by atoms with van der Waals surface area (Å²) < 4.78 is 6.83. The Hall–Kier alpha value is -0.580. The standard InChI is InChI=1S/C10H18ClN3O/c1-7(15-4)5-12-6-9-8(2)13-14(3)10(9)11/h7,12H,5-6H2,1-4H3. The van der Waals surface area contributed by atoms with Gasteiger partial charge in [-0.25, -0.2) is 0 Å². The molecule has 0 aromatic carbocycles. The highest BCUT2D eigenvalue weighted by molar-refractivity contribution is 6.30. The van der Waals surface area contributed by atoms with E-state index in [0.29, 0.717) is 5.15 Å². The molecule has 86 valence electrons. The Bertz CT molecular complexity index is 325. The molecule has 5 heteroatoms. The molecule has 0 aliphatic rings. The first-order valence-corrected chi connectivity index (χ1v) is 5.35. The van der Waals surface area contributed by atoms with Crippen molar-refractivity contribution in [2.45, 2.75) is 26.5 Å². The lowest BCUT2D eigenvalue weighted by molar-refractivity contribution is 0.117. The molecule has 0 radical (unpaired) electrons. The van der Waals surface area contributed by atoms with Crippen molar-refractivity contribution in [3.8, 4) is 0 Å². The lowest BCUT2D eigenvalue weighted by Crippen LogP contribution is -2.25. The van der Waals surface area contributed by atoms with E-state index in [2.05, 4.69) is 10.4 Å². The lowest BCUT2D eigenvalue weighted by atomic mass is 10.2. The van der Waals surface area contributed by atoms with Gasteiger partial charge in [0.05, 0.1) is 11.8 Å². The molecule has 1 N–H and O–H groups in total. The maximum atomic E-state index is 6.09. The van der Waals surface area contributed by atoms with E-state index >= 15 is 0 Å². The van der Waals surface area contributed by atoms with E-state index in [0.717, 1.165) is 24.3 Å². The monoisotopic (exact) mass is 231 g/mol. The van der Waals surface area contributed by atoms with Gasteiger partial charge in [0.25, 0.3) is 0 Å². The molecule has 4 nitrogen and oxygen atoms in total. The number of methoxy groups -OCH3 is 1. The smallest absolute Gasteiger partial charge is 0.131 e. The summed E-state index contributed by atoms with van der Waals surface area (Å²) >= 11 is 6.09. The number of rotatable bonds is 5. The van der Waals surface area contributed by atoms with Crippen molar-refractivity contribution in [2.24, 2.45) is 7.05 Å². The molecule has 1 atom stereocenters. The molecule has 1 unspecified atom stereocenters. The Morgan fingerprint density at radius 2 is 2.27 bits per heavy atom. The number of nitrogens with one attached hydrogen (secondary N) is 1. The summed E-state index contributed by atoms with van der Waals surface area (Å²) in [6.07, 6.45) is 0.209. The fourth-order valence-corrected chi connectivity index (χ4v) is 1.60. The van der Waals surface area contributed by atoms with E-state index in [1.165, 1.54) is 0 Å². The van der Waals surface area contributed by atoms with Crippen molar-refractivity contribution < 1.29 is 4.74 Å². The van der Waals surface area contributed by atoms with Gasteiger partial charge in [-0.05, 0) is 13.8 Å². The molecule has 0 bridgehead atoms. The van der Waals surface area contributed by atoms with Gasteiger partial charge in [-0.15, -0.1) is 0 Å². The molecule has 1 aromatic rings. The van der Waals surface area contributed by atoms with Crippen LogP contribution in [0.1, 0.15) is 18.2 Å². The van der Waals surface area contributed by atoms with Crippen LogP contribution in [0.5, 0.6) is 0 Å². The molecule has 0 saturated heterocycles. The minimum absolute atomic E-state index is 0.209. The highest BCUT2D eigenvalue weighted by atomic mass is 35.5. The zero-order valence-corrected chi connectivity index (χ0v) is 10.4. The summed E-state index contributed by atoms with van der Waals surface area (Å²) in [6.45, 7) is 5.51. The van der Waals surface area contributed by atoms with Crippen molar-refractivity contribution in [1.29, 1.82) is 0 Å². The van der Waals surface area contributed by atoms with Gasteiger partial charge in [0.15, 0.2) is 0 Å². The van der Waals surface area contributed by atoms with Crippen molar-refractivity contribution in [3.63, 3.8) is 0 Å². The van der Waals surface area contributed by atoms with Crippen LogP contribution in [0.15, 0.2) is 0 Å². The summed E-state index contributed by atoms with van der Waals surface area (Å²) in [5.74, 6) is 0. The Labute approximate surface area is 95.6 Å². The average molecular weight is 232 g/mol. The van der Waals surface area contributed by atoms with E-state index < -0.39 is 0 Å². The normalized spacial score (nSPS) is 13.1. The van der Waals surface area contributed by atoms with Crippen molar-refractivity contribution in [2.75, 3.05) is 13.7 Å². The Morgan fingerprint density at radius 1 is 1.60 bits per heavy atom. The van der Waals surface area contributed by atoms with Crippen LogP contribution in [0.2, 0.25) is 5.15 Å². The summed E-state index contributed by atoms with van der Waals surface area (Å²) in [7, 11) is 3.55. The molecular formula is C10H18ClN3O. The zero-order valence-electron chi connectivity index (χ0n) is 9.67. The van der Waals surface area contributed by atoms with Gasteiger partial charge in [-0.3, -0.25) is 4.68 Å². The molecule has 0 aliphatic heterocycles. The highest BCUT2D eigenvalue weighted by Crippen LogP contribution is 2.17. The second-order valence-corrected chi connectivity index (χ2v) is 4.01. The van der Waals surface area contributed by atoms with E-state index in [1.807, 2.05) is 20.9 Å². The van der Waals surface area contributed by atoms with Crippen LogP contribution in [0.25, 0.3) is 0 Å². The van der Waals surface area contributed by atoms with Gasteiger partial charge in [-0.1, -0.05) is 11.6 Å². The van der Waals surface area contributed by atoms with Crippen LogP contribution in [-0.4, -0.2) is 29.5 Å². The molecule has 0 saturated carbocycles. The number of ether oxygens (including phenoxy) is 1. The minimum Gasteiger partial charge on any atom is -0.380 e. The topological polar surface area (TPSA) is 39.1 Å². The van der Waals surface area contributed by atoms with Gasteiger partial charge < -0.3 is 10.1 Å². The number of aryl methyl sites for hydroxylation is 2. The van der Waals surface area contributed by atoms with E-state index in [4.69, 9.17) is 16.3 Å². The van der Waals surface area contributed by atoms with Gasteiger partial charge in [-0.2, -0.15) is 5.10 Å². The Balaban J connectivity index is 2.50. The molecule has 1 aromatic heterocycles. The third-order valence-electron chi connectivity index (χ3n) is 2.41. The molecule has 1 rings (SSSR count). The molecule has 0 fully saturated rings. The second-order valence-electron chi connectivity index (χ2n) is 3.66. The summed E-state index contributed by atoms with van der Waals surface area (Å²) in [5, 5.41) is 8.23. The quantitative estimate of drug-likeness (QED) is 0.835. The molecular weight excluding hydrogens is 214 g/mol. The SMILES string of the molecule is COC(C)CNCc1c(C)nn(C)c1Cl. The number of aromatic nitrogens is 2. The number of halogens is 1. The van der Waals surface area contributed by atoms with Crippen LogP contribution >= 0.6 is 11.6 Å². The largest absolute Gasteiger partial charge is 0.380 e. The number of hydrogen-bond donors (Lipinski definition) is 1. The fraction of sp³-hybridized carbons (Fsp3) is 0.700. The first kappa shape index (κ1) is 12.5. The van der Waals surface area contributed by atoms with Gasteiger partial charge in [0.2, 0.25) is 0 Å². The van der Waals surface area contributed by atoms with Gasteiger partial charge in [0, 0.05) is 32.8 Å². The van der Waals surface area contributed by atoms with E-state index in [1.54, 1.807) is 11.8 Å². The van der Waals surface area contributed by atoms with Crippen molar-refractivity contribution >= 4 is 11.6 Å². The lowest BCUT2D eigenvalue weighted by Gasteiger charge is -2.10. The summed E-state index contributed by atoms with van der Waals surface area (Å²) in [6, 6.07) is 0. The molecule has 1 heterocycles. The van der Waals surface area contributed by atoms with Crippen LogP contribution < -0.4 is 5.32 Å². The average Bonchev–Trinajstić information content (AvgIpc) is 2.44. The van der Waals surface area contributed by atoms with Gasteiger partial charge in [0.1, 0.15) is 5.15 Å². The second kappa shape index (κ2) is 5.49. The first-order valence-electron chi connectivity index (χ1n) is 4.97. The summed E-state index contributed by atoms with van der Waals surface area (Å²) in [5.41, 5.74) is 2.03. The van der Waals surface area contributed by atoms with Gasteiger partial charge >= 0.3 is 0 Å². The van der Waals surface area contributed by atoms with Crippen LogP contribution in [-0.2, 0) is 18.3 Å². The van der Waals surface area contributed by atoms with Crippen molar-refractivity contribution in [3.05, 3.63) is 16.4 Å². The predicted molar refractivity (Wildman–Crippen MR) is 61.1 cm³/mol. The predicted octanol–water partition coefficient (Wildman–Crippen LogP) is 1.51. The minimum atomic E-state index is 0.209. The van der Waals surface area contributed by atoms with Crippen molar-refractivity contribution in [1.82, 2.24) is 15.1 Å². The maximum Gasteiger partial charge on any atom is 0.131 e.